The molecule has 1 unspecified atom stereocenters. The summed E-state index contributed by atoms with van der Waals surface area (Å²) in [6.07, 6.45) is 4.75. The fourth-order valence-corrected chi connectivity index (χ4v) is 3.13. The summed E-state index contributed by atoms with van der Waals surface area (Å²) in [6, 6.07) is 5.44. The Labute approximate surface area is 108 Å². The number of morpholine rings is 1. The van der Waals surface area contributed by atoms with Crippen LogP contribution in [0.1, 0.15) is 42.9 Å². The lowest BCUT2D eigenvalue weighted by Gasteiger charge is -2.39. The molecule has 1 aliphatic heterocycles. The molecule has 3 rings (SSSR count). The summed E-state index contributed by atoms with van der Waals surface area (Å²) in [6.45, 7) is 3.51. The van der Waals surface area contributed by atoms with Gasteiger partial charge in [-0.05, 0) is 37.0 Å². The first-order valence-electron chi connectivity index (χ1n) is 6.83. The molecule has 1 saturated carbocycles. The van der Waals surface area contributed by atoms with E-state index in [1.807, 2.05) is 12.1 Å². The van der Waals surface area contributed by atoms with Crippen LogP contribution >= 0.6 is 0 Å². The van der Waals surface area contributed by atoms with E-state index in [2.05, 4.69) is 5.32 Å². The first kappa shape index (κ1) is 12.1. The molecule has 18 heavy (non-hydrogen) atoms. The molecule has 1 saturated heterocycles. The minimum absolute atomic E-state index is 0.00424. The molecule has 1 N–H and O–H groups in total. The lowest BCUT2D eigenvalue weighted by atomic mass is 9.97. The Morgan fingerprint density at radius 1 is 1.33 bits per heavy atom. The zero-order chi connectivity index (χ0) is 12.6. The lowest BCUT2D eigenvalue weighted by Crippen LogP contribution is -2.49. The Kier molecular flexibility index (Phi) is 3.12. The molecule has 2 fully saturated rings. The average molecular weight is 249 g/mol. The van der Waals surface area contributed by atoms with E-state index >= 15 is 0 Å². The molecular formula is C15H20FNO. The highest BCUT2D eigenvalue weighted by Gasteiger charge is 2.40. The molecule has 3 heteroatoms. The van der Waals surface area contributed by atoms with Crippen LogP contribution in [0.4, 0.5) is 4.39 Å². The molecule has 2 aliphatic rings. The van der Waals surface area contributed by atoms with E-state index in [0.717, 1.165) is 31.5 Å². The third kappa shape index (κ3) is 2.17. The fourth-order valence-electron chi connectivity index (χ4n) is 3.13. The van der Waals surface area contributed by atoms with Crippen molar-refractivity contribution >= 4 is 0 Å². The van der Waals surface area contributed by atoms with Crippen LogP contribution in [0, 0.1) is 12.7 Å². The van der Waals surface area contributed by atoms with Crippen molar-refractivity contribution in [2.75, 3.05) is 13.1 Å². The van der Waals surface area contributed by atoms with Gasteiger partial charge in [0.25, 0.3) is 0 Å². The highest BCUT2D eigenvalue weighted by atomic mass is 19.1. The number of halogens is 1. The second kappa shape index (κ2) is 4.63. The van der Waals surface area contributed by atoms with Gasteiger partial charge in [0.2, 0.25) is 0 Å². The summed E-state index contributed by atoms with van der Waals surface area (Å²) in [5, 5.41) is 3.45. The first-order valence-corrected chi connectivity index (χ1v) is 6.83. The van der Waals surface area contributed by atoms with E-state index in [-0.39, 0.29) is 17.5 Å². The minimum atomic E-state index is -0.137. The van der Waals surface area contributed by atoms with E-state index in [9.17, 15) is 4.39 Å². The van der Waals surface area contributed by atoms with Gasteiger partial charge in [-0.15, -0.1) is 0 Å². The molecule has 0 bridgehead atoms. The SMILES string of the molecule is Cc1ccc(C2CNCC3(CCCC3)O2)cc1F. The highest BCUT2D eigenvalue weighted by molar-refractivity contribution is 5.25. The van der Waals surface area contributed by atoms with Crippen LogP contribution in [-0.2, 0) is 4.74 Å². The van der Waals surface area contributed by atoms with Crippen molar-refractivity contribution in [3.8, 4) is 0 Å². The van der Waals surface area contributed by atoms with Crippen molar-refractivity contribution in [1.29, 1.82) is 0 Å². The van der Waals surface area contributed by atoms with Crippen LogP contribution in [0.2, 0.25) is 0 Å². The second-order valence-electron chi connectivity index (χ2n) is 5.64. The van der Waals surface area contributed by atoms with Gasteiger partial charge in [0.15, 0.2) is 0 Å². The number of rotatable bonds is 1. The monoisotopic (exact) mass is 249 g/mol. The third-order valence-electron chi connectivity index (χ3n) is 4.25. The number of hydrogen-bond acceptors (Lipinski definition) is 2. The molecule has 0 amide bonds. The number of benzene rings is 1. The third-order valence-corrected chi connectivity index (χ3v) is 4.25. The molecule has 1 spiro atoms. The van der Waals surface area contributed by atoms with E-state index in [4.69, 9.17) is 4.74 Å². The van der Waals surface area contributed by atoms with Crippen LogP contribution < -0.4 is 5.32 Å². The molecule has 0 aromatic heterocycles. The second-order valence-corrected chi connectivity index (χ2v) is 5.64. The summed E-state index contributed by atoms with van der Waals surface area (Å²) in [5.41, 5.74) is 1.65. The van der Waals surface area contributed by atoms with Crippen LogP contribution in [0.15, 0.2) is 18.2 Å². The molecular weight excluding hydrogens is 229 g/mol. The summed E-state index contributed by atoms with van der Waals surface area (Å²) < 4.78 is 19.9. The van der Waals surface area contributed by atoms with Crippen molar-refractivity contribution in [2.24, 2.45) is 0 Å². The van der Waals surface area contributed by atoms with Crippen LogP contribution in [-0.4, -0.2) is 18.7 Å². The molecule has 0 radical (unpaired) electrons. The molecule has 1 atom stereocenters. The van der Waals surface area contributed by atoms with Gasteiger partial charge in [0.1, 0.15) is 5.82 Å². The summed E-state index contributed by atoms with van der Waals surface area (Å²) >= 11 is 0. The lowest BCUT2D eigenvalue weighted by molar-refractivity contribution is -0.114. The Balaban J connectivity index is 1.81. The number of ether oxygens (including phenoxy) is 1. The molecule has 2 nitrogen and oxygen atoms in total. The van der Waals surface area contributed by atoms with E-state index in [1.54, 1.807) is 13.0 Å². The normalized spacial score (nSPS) is 26.7. The Morgan fingerprint density at radius 2 is 2.11 bits per heavy atom. The van der Waals surface area contributed by atoms with E-state index in [0.29, 0.717) is 5.56 Å². The fraction of sp³-hybridized carbons (Fsp3) is 0.600. The van der Waals surface area contributed by atoms with Crippen molar-refractivity contribution in [2.45, 2.75) is 44.3 Å². The summed E-state index contributed by atoms with van der Waals surface area (Å²) in [4.78, 5) is 0. The maximum atomic E-state index is 13.6. The predicted octanol–water partition coefficient (Wildman–Crippen LogP) is 3.11. The summed E-state index contributed by atoms with van der Waals surface area (Å²) in [5.74, 6) is -0.137. The average Bonchev–Trinajstić information content (AvgIpc) is 2.81. The van der Waals surface area contributed by atoms with Crippen LogP contribution in [0.3, 0.4) is 0 Å². The smallest absolute Gasteiger partial charge is 0.126 e. The highest BCUT2D eigenvalue weighted by Crippen LogP contribution is 2.39. The molecule has 1 aliphatic carbocycles. The predicted molar refractivity (Wildman–Crippen MR) is 69.0 cm³/mol. The molecule has 1 aromatic rings. The quantitative estimate of drug-likeness (QED) is 0.825. The Hall–Kier alpha value is -0.930. The Morgan fingerprint density at radius 3 is 2.83 bits per heavy atom. The van der Waals surface area contributed by atoms with Crippen molar-refractivity contribution in [3.05, 3.63) is 35.1 Å². The maximum absolute atomic E-state index is 13.6. The molecule has 1 heterocycles. The maximum Gasteiger partial charge on any atom is 0.126 e. The number of hydrogen-bond donors (Lipinski definition) is 1. The van der Waals surface area contributed by atoms with Gasteiger partial charge < -0.3 is 10.1 Å². The van der Waals surface area contributed by atoms with Gasteiger partial charge in [0.05, 0.1) is 11.7 Å². The number of aryl methyl sites for hydroxylation is 1. The van der Waals surface area contributed by atoms with Crippen LogP contribution in [0.5, 0.6) is 0 Å². The summed E-state index contributed by atoms with van der Waals surface area (Å²) in [7, 11) is 0. The van der Waals surface area contributed by atoms with E-state index in [1.165, 1.54) is 12.8 Å². The standard InChI is InChI=1S/C15H20FNO/c1-11-4-5-12(8-13(11)16)14-9-17-10-15(18-14)6-2-3-7-15/h4-5,8,14,17H,2-3,6-7,9-10H2,1H3. The molecule has 1 aromatic carbocycles. The zero-order valence-electron chi connectivity index (χ0n) is 10.8. The van der Waals surface area contributed by atoms with Gasteiger partial charge in [-0.25, -0.2) is 4.39 Å². The molecule has 98 valence electrons. The largest absolute Gasteiger partial charge is 0.364 e. The minimum Gasteiger partial charge on any atom is -0.364 e. The van der Waals surface area contributed by atoms with Crippen molar-refractivity contribution < 1.29 is 9.13 Å². The van der Waals surface area contributed by atoms with Gasteiger partial charge >= 0.3 is 0 Å². The van der Waals surface area contributed by atoms with Crippen molar-refractivity contribution in [3.63, 3.8) is 0 Å². The van der Waals surface area contributed by atoms with Gasteiger partial charge in [-0.3, -0.25) is 0 Å². The van der Waals surface area contributed by atoms with Crippen LogP contribution in [0.25, 0.3) is 0 Å². The van der Waals surface area contributed by atoms with Gasteiger partial charge in [0, 0.05) is 13.1 Å². The number of nitrogens with one attached hydrogen (secondary N) is 1. The topological polar surface area (TPSA) is 21.3 Å². The van der Waals surface area contributed by atoms with Gasteiger partial charge in [-0.1, -0.05) is 25.0 Å². The zero-order valence-corrected chi connectivity index (χ0v) is 10.8. The van der Waals surface area contributed by atoms with Crippen molar-refractivity contribution in [1.82, 2.24) is 5.32 Å². The Bertz CT molecular complexity index is 440. The van der Waals surface area contributed by atoms with E-state index < -0.39 is 0 Å². The first-order chi connectivity index (χ1) is 8.69. The van der Waals surface area contributed by atoms with Gasteiger partial charge in [-0.2, -0.15) is 0 Å².